The fourth-order valence-electron chi connectivity index (χ4n) is 2.40. The number of urea groups is 1. The number of nitrogens with one attached hydrogen (secondary N) is 1. The molecule has 2 aromatic heterocycles. The molecule has 1 aliphatic heterocycles. The van der Waals surface area contributed by atoms with E-state index in [1.54, 1.807) is 46.3 Å². The van der Waals surface area contributed by atoms with Crippen LogP contribution in [0, 0.1) is 0 Å². The Morgan fingerprint density at radius 2 is 2.09 bits per heavy atom. The first-order valence-corrected chi connectivity index (χ1v) is 7.44. The number of anilines is 2. The highest BCUT2D eigenvalue weighted by Crippen LogP contribution is 2.19. The highest BCUT2D eigenvalue weighted by Gasteiger charge is 2.28. The van der Waals surface area contributed by atoms with Crippen LogP contribution in [0.25, 0.3) is 0 Å². The van der Waals surface area contributed by atoms with Crippen molar-refractivity contribution in [2.75, 3.05) is 29.9 Å². The van der Waals surface area contributed by atoms with E-state index in [1.807, 2.05) is 6.92 Å². The van der Waals surface area contributed by atoms with Gasteiger partial charge in [0.15, 0.2) is 0 Å². The summed E-state index contributed by atoms with van der Waals surface area (Å²) < 4.78 is 0. The Hall–Kier alpha value is -2.96. The first kappa shape index (κ1) is 15.0. The number of hydrogen-bond donors (Lipinski definition) is 1. The zero-order chi connectivity index (χ0) is 16.2. The van der Waals surface area contributed by atoms with E-state index in [4.69, 9.17) is 0 Å². The van der Waals surface area contributed by atoms with Gasteiger partial charge in [-0.15, -0.1) is 0 Å². The van der Waals surface area contributed by atoms with Gasteiger partial charge in [-0.2, -0.15) is 0 Å². The van der Waals surface area contributed by atoms with Crippen molar-refractivity contribution in [3.8, 4) is 0 Å². The van der Waals surface area contributed by atoms with Crippen molar-refractivity contribution in [1.82, 2.24) is 14.9 Å². The van der Waals surface area contributed by atoms with Crippen molar-refractivity contribution in [2.45, 2.75) is 6.92 Å². The molecular formula is C16H17N5O2. The Morgan fingerprint density at radius 3 is 2.70 bits per heavy atom. The predicted molar refractivity (Wildman–Crippen MR) is 86.4 cm³/mol. The van der Waals surface area contributed by atoms with Crippen LogP contribution in [0.1, 0.15) is 17.4 Å². The maximum absolute atomic E-state index is 12.1. The van der Waals surface area contributed by atoms with Crippen LogP contribution in [0.4, 0.5) is 16.3 Å². The SMILES string of the molecule is CCN1CCN(c2ccc(NC(=O)c3ccccn3)cn2)C1=O. The fourth-order valence-corrected chi connectivity index (χ4v) is 2.40. The summed E-state index contributed by atoms with van der Waals surface area (Å²) in [4.78, 5) is 35.8. The van der Waals surface area contributed by atoms with Gasteiger partial charge in [0.25, 0.3) is 5.91 Å². The van der Waals surface area contributed by atoms with Crippen LogP contribution < -0.4 is 10.2 Å². The van der Waals surface area contributed by atoms with Gasteiger partial charge >= 0.3 is 6.03 Å². The van der Waals surface area contributed by atoms with Crippen molar-refractivity contribution < 1.29 is 9.59 Å². The summed E-state index contributed by atoms with van der Waals surface area (Å²) in [7, 11) is 0. The average Bonchev–Trinajstić information content (AvgIpc) is 2.97. The fraction of sp³-hybridized carbons (Fsp3) is 0.250. The van der Waals surface area contributed by atoms with E-state index in [-0.39, 0.29) is 11.9 Å². The van der Waals surface area contributed by atoms with Gasteiger partial charge in [-0.25, -0.2) is 9.78 Å². The Kier molecular flexibility index (Phi) is 4.18. The molecule has 3 amide bonds. The Morgan fingerprint density at radius 1 is 1.22 bits per heavy atom. The van der Waals surface area contributed by atoms with Crippen LogP contribution in [0.5, 0.6) is 0 Å². The van der Waals surface area contributed by atoms with Crippen molar-refractivity contribution in [1.29, 1.82) is 0 Å². The smallest absolute Gasteiger partial charge is 0.323 e. The van der Waals surface area contributed by atoms with Crippen molar-refractivity contribution >= 4 is 23.4 Å². The third-order valence-electron chi connectivity index (χ3n) is 3.66. The second-order valence-corrected chi connectivity index (χ2v) is 5.09. The monoisotopic (exact) mass is 311 g/mol. The molecule has 0 spiro atoms. The molecule has 0 aliphatic carbocycles. The highest BCUT2D eigenvalue weighted by molar-refractivity contribution is 6.02. The molecule has 7 nitrogen and oxygen atoms in total. The summed E-state index contributed by atoms with van der Waals surface area (Å²) in [5.74, 6) is 0.288. The van der Waals surface area contributed by atoms with Gasteiger partial charge in [0, 0.05) is 25.8 Å². The maximum atomic E-state index is 12.1. The van der Waals surface area contributed by atoms with E-state index in [1.165, 1.54) is 6.20 Å². The third-order valence-corrected chi connectivity index (χ3v) is 3.66. The second-order valence-electron chi connectivity index (χ2n) is 5.09. The zero-order valence-corrected chi connectivity index (χ0v) is 12.8. The largest absolute Gasteiger partial charge is 0.325 e. The average molecular weight is 311 g/mol. The lowest BCUT2D eigenvalue weighted by Crippen LogP contribution is -2.32. The second kappa shape index (κ2) is 6.43. The Labute approximate surface area is 134 Å². The van der Waals surface area contributed by atoms with Crippen LogP contribution >= 0.6 is 0 Å². The van der Waals surface area contributed by atoms with Gasteiger partial charge in [0.2, 0.25) is 0 Å². The molecule has 3 rings (SSSR count). The first-order chi connectivity index (χ1) is 11.2. The lowest BCUT2D eigenvalue weighted by molar-refractivity contribution is 0.102. The summed E-state index contributed by atoms with van der Waals surface area (Å²) >= 11 is 0. The van der Waals surface area contributed by atoms with E-state index in [0.29, 0.717) is 36.8 Å². The van der Waals surface area contributed by atoms with E-state index in [9.17, 15) is 9.59 Å². The number of amides is 3. The molecule has 0 bridgehead atoms. The van der Waals surface area contributed by atoms with Crippen LogP contribution in [-0.2, 0) is 0 Å². The Bertz CT molecular complexity index is 702. The number of pyridine rings is 2. The molecule has 0 atom stereocenters. The molecule has 7 heteroatoms. The summed E-state index contributed by atoms with van der Waals surface area (Å²) in [6.45, 7) is 3.97. The lowest BCUT2D eigenvalue weighted by Gasteiger charge is -2.16. The molecule has 118 valence electrons. The van der Waals surface area contributed by atoms with Gasteiger partial charge in [0.05, 0.1) is 11.9 Å². The standard InChI is InChI=1S/C16H17N5O2/c1-2-20-9-10-21(16(20)23)14-7-6-12(11-18-14)19-15(22)13-5-3-4-8-17-13/h3-8,11H,2,9-10H2,1H3,(H,19,22). The molecule has 1 fully saturated rings. The molecule has 2 aromatic rings. The highest BCUT2D eigenvalue weighted by atomic mass is 16.2. The molecule has 0 saturated carbocycles. The minimum Gasteiger partial charge on any atom is -0.323 e. The third kappa shape index (κ3) is 3.13. The molecule has 0 aromatic carbocycles. The molecule has 0 radical (unpaired) electrons. The number of hydrogen-bond acceptors (Lipinski definition) is 4. The minimum absolute atomic E-state index is 0.0368. The quantitative estimate of drug-likeness (QED) is 0.936. The number of likely N-dealkylation sites (N-methyl/N-ethyl adjacent to an activating group) is 1. The van der Waals surface area contributed by atoms with E-state index in [2.05, 4.69) is 15.3 Å². The van der Waals surface area contributed by atoms with Crippen molar-refractivity contribution in [3.05, 3.63) is 48.4 Å². The van der Waals surface area contributed by atoms with Crippen molar-refractivity contribution in [2.24, 2.45) is 0 Å². The summed E-state index contributed by atoms with van der Waals surface area (Å²) in [6.07, 6.45) is 3.10. The molecule has 1 N–H and O–H groups in total. The number of nitrogens with zero attached hydrogens (tertiary/aromatic N) is 4. The number of aromatic nitrogens is 2. The first-order valence-electron chi connectivity index (χ1n) is 7.44. The van der Waals surface area contributed by atoms with Crippen molar-refractivity contribution in [3.63, 3.8) is 0 Å². The summed E-state index contributed by atoms with van der Waals surface area (Å²) in [5, 5.41) is 2.73. The predicted octanol–water partition coefficient (Wildman–Crippen LogP) is 1.99. The lowest BCUT2D eigenvalue weighted by atomic mass is 10.3. The molecule has 1 aliphatic rings. The zero-order valence-electron chi connectivity index (χ0n) is 12.8. The van der Waals surface area contributed by atoms with Gasteiger partial charge in [-0.05, 0) is 31.2 Å². The van der Waals surface area contributed by atoms with Gasteiger partial charge in [-0.1, -0.05) is 6.07 Å². The normalized spacial score (nSPS) is 14.2. The van der Waals surface area contributed by atoms with Gasteiger partial charge < -0.3 is 10.2 Å². The molecule has 23 heavy (non-hydrogen) atoms. The number of carbonyl (C=O) groups is 2. The van der Waals surface area contributed by atoms with Crippen LogP contribution in [0.3, 0.4) is 0 Å². The molecule has 1 saturated heterocycles. The summed E-state index contributed by atoms with van der Waals surface area (Å²) in [6, 6.07) is 8.56. The van der Waals surface area contributed by atoms with E-state index in [0.717, 1.165) is 0 Å². The minimum atomic E-state index is -0.297. The summed E-state index contributed by atoms with van der Waals surface area (Å²) in [5.41, 5.74) is 0.897. The Balaban J connectivity index is 1.68. The number of rotatable bonds is 4. The van der Waals surface area contributed by atoms with E-state index >= 15 is 0 Å². The van der Waals surface area contributed by atoms with Gasteiger partial charge in [0.1, 0.15) is 11.5 Å². The molecular weight excluding hydrogens is 294 g/mol. The molecule has 0 unspecified atom stereocenters. The molecule has 3 heterocycles. The van der Waals surface area contributed by atoms with E-state index < -0.39 is 0 Å². The van der Waals surface area contributed by atoms with Crippen LogP contribution in [0.15, 0.2) is 42.7 Å². The topological polar surface area (TPSA) is 78.4 Å². The maximum Gasteiger partial charge on any atom is 0.325 e. The van der Waals surface area contributed by atoms with Gasteiger partial charge in [-0.3, -0.25) is 14.7 Å². The number of carbonyl (C=O) groups excluding carboxylic acids is 2. The van der Waals surface area contributed by atoms with Crippen LogP contribution in [-0.4, -0.2) is 46.4 Å². The van der Waals surface area contributed by atoms with Crippen LogP contribution in [0.2, 0.25) is 0 Å².